The summed E-state index contributed by atoms with van der Waals surface area (Å²) < 4.78 is 4.79. The maximum absolute atomic E-state index is 9.98. The van der Waals surface area contributed by atoms with E-state index in [1.54, 1.807) is 12.2 Å². The zero-order chi connectivity index (χ0) is 5.82. The Morgan fingerprint density at radius 2 is 2.62 bits per heavy atom. The molecule has 1 heterocycles. The summed E-state index contributed by atoms with van der Waals surface area (Å²) in [7, 11) is 0. The number of aldehydes is 1. The molecular weight excluding hydrogens is 104 g/mol. The molecule has 0 spiro atoms. The van der Waals surface area contributed by atoms with E-state index >= 15 is 0 Å². The molecule has 0 N–H and O–H groups in total. The van der Waals surface area contributed by atoms with Crippen molar-refractivity contribution in [2.75, 3.05) is 6.61 Å². The number of carbonyl (C=O) groups is 1. The van der Waals surface area contributed by atoms with Crippen LogP contribution in [0.3, 0.4) is 0 Å². The summed E-state index contributed by atoms with van der Waals surface area (Å²) >= 11 is 0. The van der Waals surface area contributed by atoms with E-state index in [1.807, 2.05) is 0 Å². The number of hydrogen-bond acceptors (Lipinski definition) is 2. The number of hydrogen-bond donors (Lipinski definition) is 0. The highest BCUT2D eigenvalue weighted by atomic mass is 16.5. The third-order valence-corrected chi connectivity index (χ3v) is 0.908. The minimum atomic E-state index is 0.518. The van der Waals surface area contributed by atoms with Crippen LogP contribution in [-0.2, 0) is 9.53 Å². The highest BCUT2D eigenvalue weighted by molar-refractivity contribution is 5.77. The van der Waals surface area contributed by atoms with Gasteiger partial charge in [-0.25, -0.2) is 0 Å². The quantitative estimate of drug-likeness (QED) is 0.463. The van der Waals surface area contributed by atoms with Crippen molar-refractivity contribution in [1.29, 1.82) is 0 Å². The third-order valence-electron chi connectivity index (χ3n) is 0.908. The molecule has 0 aliphatic carbocycles. The van der Waals surface area contributed by atoms with Gasteiger partial charge >= 0.3 is 0 Å². The van der Waals surface area contributed by atoms with Crippen LogP contribution >= 0.6 is 0 Å². The molecule has 0 radical (unpaired) electrons. The van der Waals surface area contributed by atoms with Gasteiger partial charge in [-0.3, -0.25) is 4.79 Å². The molecular formula is C6H6O2. The zero-order valence-electron chi connectivity index (χ0n) is 4.33. The average molecular weight is 110 g/mol. The number of allylic oxidation sites excluding steroid dienone is 2. The summed E-state index contributed by atoms with van der Waals surface area (Å²) in [5.74, 6) is 0. The Bertz CT molecular complexity index is 145. The molecule has 0 bridgehead atoms. The van der Waals surface area contributed by atoms with E-state index in [-0.39, 0.29) is 0 Å². The Morgan fingerprint density at radius 3 is 3.00 bits per heavy atom. The van der Waals surface area contributed by atoms with Gasteiger partial charge in [0.25, 0.3) is 0 Å². The molecule has 2 nitrogen and oxygen atoms in total. The molecule has 42 valence electrons. The first kappa shape index (κ1) is 5.09. The van der Waals surface area contributed by atoms with Crippen molar-refractivity contribution in [3.05, 3.63) is 24.0 Å². The molecule has 8 heavy (non-hydrogen) atoms. The first-order valence-electron chi connectivity index (χ1n) is 2.37. The lowest BCUT2D eigenvalue weighted by molar-refractivity contribution is -0.104. The fraction of sp³-hybridized carbons (Fsp3) is 0.167. The van der Waals surface area contributed by atoms with Crippen molar-refractivity contribution in [1.82, 2.24) is 0 Å². The molecule has 1 rings (SSSR count). The van der Waals surface area contributed by atoms with Gasteiger partial charge in [0, 0.05) is 5.57 Å². The second-order valence-corrected chi connectivity index (χ2v) is 1.46. The van der Waals surface area contributed by atoms with E-state index in [0.717, 1.165) is 6.29 Å². The van der Waals surface area contributed by atoms with Gasteiger partial charge in [-0.1, -0.05) is 0 Å². The van der Waals surface area contributed by atoms with Crippen molar-refractivity contribution in [3.63, 3.8) is 0 Å². The molecule has 1 aliphatic rings. The van der Waals surface area contributed by atoms with Crippen molar-refractivity contribution < 1.29 is 9.53 Å². The van der Waals surface area contributed by atoms with Crippen molar-refractivity contribution in [2.45, 2.75) is 0 Å². The molecule has 0 amide bonds. The topological polar surface area (TPSA) is 26.3 Å². The third kappa shape index (κ3) is 0.964. The Hall–Kier alpha value is -1.05. The van der Waals surface area contributed by atoms with Gasteiger partial charge in [0.1, 0.15) is 12.9 Å². The largest absolute Gasteiger partial charge is 0.497 e. The van der Waals surface area contributed by atoms with Crippen molar-refractivity contribution in [2.24, 2.45) is 0 Å². The predicted molar refractivity (Wildman–Crippen MR) is 29.2 cm³/mol. The molecule has 1 aliphatic heterocycles. The lowest BCUT2D eigenvalue weighted by Gasteiger charge is -1.99. The minimum absolute atomic E-state index is 0.518. The molecule has 2 heteroatoms. The summed E-state index contributed by atoms with van der Waals surface area (Å²) in [5, 5.41) is 0. The van der Waals surface area contributed by atoms with E-state index < -0.39 is 0 Å². The molecule has 0 aromatic carbocycles. The van der Waals surface area contributed by atoms with Gasteiger partial charge in [-0.15, -0.1) is 0 Å². The molecule has 0 unspecified atom stereocenters. The van der Waals surface area contributed by atoms with E-state index in [1.165, 1.54) is 6.26 Å². The summed E-state index contributed by atoms with van der Waals surface area (Å²) in [6.45, 7) is 0.518. The number of rotatable bonds is 1. The Labute approximate surface area is 47.5 Å². The van der Waals surface area contributed by atoms with Crippen LogP contribution in [0.1, 0.15) is 0 Å². The summed E-state index contributed by atoms with van der Waals surface area (Å²) in [6.07, 6.45) is 5.69. The maximum atomic E-state index is 9.98. The van der Waals surface area contributed by atoms with Crippen LogP contribution in [-0.4, -0.2) is 12.9 Å². The first-order chi connectivity index (χ1) is 3.93. The van der Waals surface area contributed by atoms with Gasteiger partial charge < -0.3 is 4.74 Å². The van der Waals surface area contributed by atoms with Crippen LogP contribution in [0.4, 0.5) is 0 Å². The van der Waals surface area contributed by atoms with E-state index in [0.29, 0.717) is 12.2 Å². The van der Waals surface area contributed by atoms with Crippen molar-refractivity contribution in [3.8, 4) is 0 Å². The monoisotopic (exact) mass is 110 g/mol. The molecule has 0 atom stereocenters. The van der Waals surface area contributed by atoms with E-state index in [9.17, 15) is 4.79 Å². The van der Waals surface area contributed by atoms with Gasteiger partial charge in [0.15, 0.2) is 0 Å². The molecule has 0 saturated carbocycles. The Kier molecular flexibility index (Phi) is 1.47. The second kappa shape index (κ2) is 2.31. The van der Waals surface area contributed by atoms with Crippen LogP contribution in [0.5, 0.6) is 0 Å². The lowest BCUT2D eigenvalue weighted by Crippen LogP contribution is -1.91. The predicted octanol–water partition coefficient (Wildman–Crippen LogP) is 0.656. The van der Waals surface area contributed by atoms with Crippen LogP contribution < -0.4 is 0 Å². The summed E-state index contributed by atoms with van der Waals surface area (Å²) in [5.41, 5.74) is 0.691. The standard InChI is InChI=1S/C6H6O2/c7-5-6-1-3-8-4-2-6/h1-3,5H,4H2. The van der Waals surface area contributed by atoms with Gasteiger partial charge in [-0.2, -0.15) is 0 Å². The Balaban J connectivity index is 2.64. The van der Waals surface area contributed by atoms with Crippen LogP contribution in [0.2, 0.25) is 0 Å². The molecule has 0 fully saturated rings. The maximum Gasteiger partial charge on any atom is 0.149 e. The minimum Gasteiger partial charge on any atom is -0.497 e. The summed E-state index contributed by atoms with van der Waals surface area (Å²) in [4.78, 5) is 9.98. The fourth-order valence-corrected chi connectivity index (χ4v) is 0.482. The molecule has 0 aromatic heterocycles. The second-order valence-electron chi connectivity index (χ2n) is 1.46. The van der Waals surface area contributed by atoms with Crippen LogP contribution in [0, 0.1) is 0 Å². The van der Waals surface area contributed by atoms with Gasteiger partial charge in [-0.05, 0) is 12.2 Å². The fourth-order valence-electron chi connectivity index (χ4n) is 0.482. The highest BCUT2D eigenvalue weighted by Crippen LogP contribution is 1.98. The van der Waals surface area contributed by atoms with E-state index in [4.69, 9.17) is 4.74 Å². The normalized spacial score (nSPS) is 16.8. The molecule has 0 saturated heterocycles. The molecule has 0 aromatic rings. The smallest absolute Gasteiger partial charge is 0.149 e. The van der Waals surface area contributed by atoms with Crippen molar-refractivity contribution >= 4 is 6.29 Å². The number of ether oxygens (including phenoxy) is 1. The highest BCUT2D eigenvalue weighted by Gasteiger charge is 1.91. The van der Waals surface area contributed by atoms with Gasteiger partial charge in [0.05, 0.1) is 6.26 Å². The average Bonchev–Trinajstić information content (AvgIpc) is 1.90. The number of carbonyl (C=O) groups excluding carboxylic acids is 1. The lowest BCUT2D eigenvalue weighted by atomic mass is 10.2. The Morgan fingerprint density at radius 1 is 1.75 bits per heavy atom. The van der Waals surface area contributed by atoms with E-state index in [2.05, 4.69) is 0 Å². The SMILES string of the molecule is O=CC1=CCOC=C1. The summed E-state index contributed by atoms with van der Waals surface area (Å²) in [6, 6.07) is 0. The van der Waals surface area contributed by atoms with Gasteiger partial charge in [0.2, 0.25) is 0 Å². The van der Waals surface area contributed by atoms with Crippen LogP contribution in [0.25, 0.3) is 0 Å². The zero-order valence-corrected chi connectivity index (χ0v) is 4.33. The van der Waals surface area contributed by atoms with Crippen LogP contribution in [0.15, 0.2) is 24.0 Å². The first-order valence-corrected chi connectivity index (χ1v) is 2.37.